The number of nitrogens with two attached hydrogens (primary N) is 1. The zero-order chi connectivity index (χ0) is 8.53. The molecule has 0 aromatic carbocycles. The highest BCUT2D eigenvalue weighted by molar-refractivity contribution is 7.99. The van der Waals surface area contributed by atoms with Gasteiger partial charge in [-0.25, -0.2) is 0 Å². The van der Waals surface area contributed by atoms with Gasteiger partial charge in [0.05, 0.1) is 0 Å². The van der Waals surface area contributed by atoms with Gasteiger partial charge in [0, 0.05) is 25.4 Å². The summed E-state index contributed by atoms with van der Waals surface area (Å²) >= 11 is 2.00. The van der Waals surface area contributed by atoms with Gasteiger partial charge in [0.1, 0.15) is 0 Å². The second-order valence-corrected chi connectivity index (χ2v) is 3.81. The first kappa shape index (κ1) is 11.3. The van der Waals surface area contributed by atoms with E-state index in [9.17, 15) is 0 Å². The van der Waals surface area contributed by atoms with Gasteiger partial charge < -0.3 is 10.6 Å². The third-order valence-electron chi connectivity index (χ3n) is 1.65. The molecule has 0 spiro atoms. The Morgan fingerprint density at radius 1 is 1.27 bits per heavy atom. The van der Waals surface area contributed by atoms with Crippen LogP contribution in [0.4, 0.5) is 0 Å². The molecule has 0 rings (SSSR count). The average Bonchev–Trinajstić information content (AvgIpc) is 2.03. The predicted octanol–water partition coefficient (Wildman–Crippen LogP) is 1.02. The molecule has 0 radical (unpaired) electrons. The summed E-state index contributed by atoms with van der Waals surface area (Å²) in [5, 5.41) is 0. The van der Waals surface area contributed by atoms with E-state index in [-0.39, 0.29) is 0 Å². The summed E-state index contributed by atoms with van der Waals surface area (Å²) in [6.45, 7) is 8.52. The fourth-order valence-electron chi connectivity index (χ4n) is 0.949. The van der Waals surface area contributed by atoms with Crippen molar-refractivity contribution in [3.05, 3.63) is 0 Å². The van der Waals surface area contributed by atoms with Crippen LogP contribution >= 0.6 is 11.8 Å². The normalized spacial score (nSPS) is 10.9. The van der Waals surface area contributed by atoms with Crippen molar-refractivity contribution in [3.63, 3.8) is 0 Å². The van der Waals surface area contributed by atoms with Gasteiger partial charge in [-0.15, -0.1) is 0 Å². The highest BCUT2D eigenvalue weighted by Gasteiger charge is 1.98. The molecule has 0 bridgehead atoms. The van der Waals surface area contributed by atoms with E-state index in [1.807, 2.05) is 11.8 Å². The van der Waals surface area contributed by atoms with Crippen molar-refractivity contribution >= 4 is 11.8 Å². The van der Waals surface area contributed by atoms with Crippen molar-refractivity contribution in [2.75, 3.05) is 37.7 Å². The van der Waals surface area contributed by atoms with Gasteiger partial charge in [-0.3, -0.25) is 0 Å². The van der Waals surface area contributed by atoms with Gasteiger partial charge >= 0.3 is 0 Å². The molecule has 0 unspecified atom stereocenters. The second-order valence-electron chi connectivity index (χ2n) is 2.42. The van der Waals surface area contributed by atoms with Crippen molar-refractivity contribution in [2.45, 2.75) is 13.8 Å². The maximum absolute atomic E-state index is 5.46. The zero-order valence-electron chi connectivity index (χ0n) is 7.68. The molecule has 0 aromatic heterocycles. The Balaban J connectivity index is 3.20. The molecular formula is C8H20N2S. The van der Waals surface area contributed by atoms with E-state index < -0.39 is 0 Å². The molecule has 3 heteroatoms. The van der Waals surface area contributed by atoms with Crippen LogP contribution in [-0.2, 0) is 0 Å². The number of hydrogen-bond donors (Lipinski definition) is 1. The van der Waals surface area contributed by atoms with E-state index >= 15 is 0 Å². The molecule has 2 nitrogen and oxygen atoms in total. The lowest BCUT2D eigenvalue weighted by Gasteiger charge is -2.18. The summed E-state index contributed by atoms with van der Waals surface area (Å²) in [7, 11) is 0. The van der Waals surface area contributed by atoms with E-state index in [1.165, 1.54) is 18.1 Å². The lowest BCUT2D eigenvalue weighted by Crippen LogP contribution is -2.31. The minimum Gasteiger partial charge on any atom is -0.329 e. The van der Waals surface area contributed by atoms with Gasteiger partial charge in [0.2, 0.25) is 0 Å². The molecular weight excluding hydrogens is 156 g/mol. The fraction of sp³-hybridized carbons (Fsp3) is 1.00. The van der Waals surface area contributed by atoms with Gasteiger partial charge in [0.25, 0.3) is 0 Å². The minimum atomic E-state index is 0.782. The van der Waals surface area contributed by atoms with Crippen LogP contribution in [0.2, 0.25) is 0 Å². The van der Waals surface area contributed by atoms with Crippen LogP contribution in [0, 0.1) is 0 Å². The summed E-state index contributed by atoms with van der Waals surface area (Å²) in [6, 6.07) is 0. The summed E-state index contributed by atoms with van der Waals surface area (Å²) in [4.78, 5) is 2.39. The predicted molar refractivity (Wildman–Crippen MR) is 54.2 cm³/mol. The number of rotatable bonds is 7. The topological polar surface area (TPSA) is 29.3 Å². The Morgan fingerprint density at radius 2 is 2.00 bits per heavy atom. The summed E-state index contributed by atoms with van der Waals surface area (Å²) < 4.78 is 0. The second kappa shape index (κ2) is 8.37. The smallest absolute Gasteiger partial charge is 0.0105 e. The first-order valence-corrected chi connectivity index (χ1v) is 5.50. The third-order valence-corrected chi connectivity index (χ3v) is 2.53. The van der Waals surface area contributed by atoms with Crippen LogP contribution in [0.5, 0.6) is 0 Å². The van der Waals surface area contributed by atoms with Crippen molar-refractivity contribution in [1.29, 1.82) is 0 Å². The molecule has 0 aromatic rings. The quantitative estimate of drug-likeness (QED) is 0.587. The Kier molecular flexibility index (Phi) is 8.57. The molecule has 0 fully saturated rings. The van der Waals surface area contributed by atoms with Crippen LogP contribution in [0.15, 0.2) is 0 Å². The first-order valence-electron chi connectivity index (χ1n) is 4.35. The standard InChI is InChI=1S/C8H20N2S/c1-3-10(6-5-9)7-8-11-4-2/h3-9H2,1-2H3. The Hall–Kier alpha value is 0.270. The van der Waals surface area contributed by atoms with Crippen LogP contribution in [0.1, 0.15) is 13.8 Å². The maximum atomic E-state index is 5.46. The molecule has 0 heterocycles. The summed E-state index contributed by atoms with van der Waals surface area (Å²) in [5.74, 6) is 2.46. The van der Waals surface area contributed by atoms with Crippen molar-refractivity contribution in [2.24, 2.45) is 5.73 Å². The summed E-state index contributed by atoms with van der Waals surface area (Å²) in [5.41, 5.74) is 5.46. The molecule has 68 valence electrons. The Labute approximate surface area is 74.5 Å². The highest BCUT2D eigenvalue weighted by Crippen LogP contribution is 1.98. The Morgan fingerprint density at radius 3 is 2.45 bits per heavy atom. The zero-order valence-corrected chi connectivity index (χ0v) is 8.49. The van der Waals surface area contributed by atoms with Gasteiger partial charge in [-0.05, 0) is 12.3 Å². The van der Waals surface area contributed by atoms with Crippen molar-refractivity contribution in [1.82, 2.24) is 4.90 Å². The number of thioether (sulfide) groups is 1. The first-order chi connectivity index (χ1) is 5.35. The number of hydrogen-bond acceptors (Lipinski definition) is 3. The largest absolute Gasteiger partial charge is 0.329 e. The molecule has 0 aliphatic heterocycles. The van der Waals surface area contributed by atoms with E-state index in [4.69, 9.17) is 5.73 Å². The molecule has 0 aliphatic rings. The molecule has 11 heavy (non-hydrogen) atoms. The maximum Gasteiger partial charge on any atom is 0.0105 e. The molecule has 0 atom stereocenters. The molecule has 0 aliphatic carbocycles. The van der Waals surface area contributed by atoms with E-state index in [0.29, 0.717) is 0 Å². The summed E-state index contributed by atoms with van der Waals surface area (Å²) in [6.07, 6.45) is 0. The average molecular weight is 176 g/mol. The van der Waals surface area contributed by atoms with Crippen LogP contribution in [0.3, 0.4) is 0 Å². The number of likely N-dealkylation sites (N-methyl/N-ethyl adjacent to an activating group) is 1. The monoisotopic (exact) mass is 176 g/mol. The van der Waals surface area contributed by atoms with Gasteiger partial charge in [-0.2, -0.15) is 11.8 Å². The lowest BCUT2D eigenvalue weighted by atomic mass is 10.5. The molecule has 2 N–H and O–H groups in total. The van der Waals surface area contributed by atoms with E-state index in [0.717, 1.165) is 19.6 Å². The van der Waals surface area contributed by atoms with Crippen LogP contribution < -0.4 is 5.73 Å². The SMILES string of the molecule is CCSCCN(CC)CCN. The lowest BCUT2D eigenvalue weighted by molar-refractivity contribution is 0.315. The van der Waals surface area contributed by atoms with Crippen molar-refractivity contribution in [3.8, 4) is 0 Å². The van der Waals surface area contributed by atoms with Crippen LogP contribution in [-0.4, -0.2) is 42.6 Å². The fourth-order valence-corrected chi connectivity index (χ4v) is 1.62. The molecule has 0 saturated heterocycles. The van der Waals surface area contributed by atoms with E-state index in [1.54, 1.807) is 0 Å². The number of nitrogens with zero attached hydrogens (tertiary/aromatic N) is 1. The molecule has 0 saturated carbocycles. The van der Waals surface area contributed by atoms with Gasteiger partial charge in [0.15, 0.2) is 0 Å². The van der Waals surface area contributed by atoms with Crippen LogP contribution in [0.25, 0.3) is 0 Å². The molecule has 0 amide bonds. The minimum absolute atomic E-state index is 0.782. The Bertz CT molecular complexity index is 78.5. The van der Waals surface area contributed by atoms with Crippen molar-refractivity contribution < 1.29 is 0 Å². The third kappa shape index (κ3) is 6.66. The van der Waals surface area contributed by atoms with Gasteiger partial charge in [-0.1, -0.05) is 13.8 Å². The van der Waals surface area contributed by atoms with E-state index in [2.05, 4.69) is 18.7 Å². The highest BCUT2D eigenvalue weighted by atomic mass is 32.2.